The molecule has 1 aromatic carbocycles. The number of anilines is 2. The SMILES string of the molecule is C/C=C\C(=C/N(C=O)C(C)C)n1c2nc(Nc3ccc4c(c3)CN(C)CC43CC3)ncc2c(=O)n1C(C)C. The lowest BCUT2D eigenvalue weighted by Crippen LogP contribution is -2.35. The zero-order valence-corrected chi connectivity index (χ0v) is 23.1. The van der Waals surface area contributed by atoms with Gasteiger partial charge in [0.25, 0.3) is 5.56 Å². The number of benzene rings is 1. The van der Waals surface area contributed by atoms with Crippen LogP contribution in [0.25, 0.3) is 16.7 Å². The molecule has 9 nitrogen and oxygen atoms in total. The van der Waals surface area contributed by atoms with Crippen LogP contribution in [0.15, 0.2) is 47.5 Å². The van der Waals surface area contributed by atoms with Crippen LogP contribution in [0, 0.1) is 0 Å². The van der Waals surface area contributed by atoms with Gasteiger partial charge in [-0.2, -0.15) is 4.98 Å². The molecule has 0 radical (unpaired) electrons. The van der Waals surface area contributed by atoms with E-state index < -0.39 is 0 Å². The number of carbonyl (C=O) groups excluding carboxylic acids is 1. The number of hydrogen-bond donors (Lipinski definition) is 1. The molecule has 0 saturated heterocycles. The number of nitrogens with zero attached hydrogens (tertiary/aromatic N) is 6. The van der Waals surface area contributed by atoms with E-state index in [1.54, 1.807) is 26.7 Å². The zero-order chi connectivity index (χ0) is 27.2. The first-order valence-electron chi connectivity index (χ1n) is 13.3. The lowest BCUT2D eigenvalue weighted by molar-refractivity contribution is -0.117. The van der Waals surface area contributed by atoms with Crippen molar-refractivity contribution in [3.8, 4) is 0 Å². The van der Waals surface area contributed by atoms with Crippen LogP contribution in [0.1, 0.15) is 64.6 Å². The summed E-state index contributed by atoms with van der Waals surface area (Å²) in [4.78, 5) is 38.5. The largest absolute Gasteiger partial charge is 0.324 e. The standard InChI is InChI=1S/C29H37N7O2/c1-7-8-23(16-34(18-37)19(2)3)36-26-24(27(38)35(36)20(4)5)14-30-28(32-26)31-22-9-10-25-21(13-22)15-33(6)17-29(25)11-12-29/h7-10,13-14,16,18-20H,11-12,15,17H2,1-6H3,(H,30,31,32)/b8-7-,23-16+. The summed E-state index contributed by atoms with van der Waals surface area (Å²) < 4.78 is 3.44. The second kappa shape index (κ2) is 9.87. The highest BCUT2D eigenvalue weighted by molar-refractivity contribution is 5.80. The zero-order valence-electron chi connectivity index (χ0n) is 23.1. The molecule has 1 saturated carbocycles. The number of hydrogen-bond acceptors (Lipinski definition) is 6. The van der Waals surface area contributed by atoms with E-state index >= 15 is 0 Å². The predicted molar refractivity (Wildman–Crippen MR) is 151 cm³/mol. The first-order valence-corrected chi connectivity index (χ1v) is 13.3. The molecule has 3 heterocycles. The summed E-state index contributed by atoms with van der Waals surface area (Å²) in [5.41, 5.74) is 5.01. The third kappa shape index (κ3) is 4.55. The monoisotopic (exact) mass is 515 g/mol. The highest BCUT2D eigenvalue weighted by Crippen LogP contribution is 2.52. The average molecular weight is 516 g/mol. The minimum atomic E-state index is -0.175. The summed E-state index contributed by atoms with van der Waals surface area (Å²) >= 11 is 0. The van der Waals surface area contributed by atoms with Crippen molar-refractivity contribution in [2.75, 3.05) is 18.9 Å². The number of aromatic nitrogens is 4. The van der Waals surface area contributed by atoms with E-state index in [1.165, 1.54) is 24.0 Å². The van der Waals surface area contributed by atoms with Crippen LogP contribution < -0.4 is 10.9 Å². The average Bonchev–Trinajstić information content (AvgIpc) is 3.56. The van der Waals surface area contributed by atoms with Crippen molar-refractivity contribution in [2.45, 2.75) is 71.5 Å². The first-order chi connectivity index (χ1) is 18.2. The molecule has 2 aromatic heterocycles. The lowest BCUT2D eigenvalue weighted by Gasteiger charge is -2.32. The van der Waals surface area contributed by atoms with Gasteiger partial charge in [0.1, 0.15) is 5.39 Å². The third-order valence-corrected chi connectivity index (χ3v) is 7.49. The third-order valence-electron chi connectivity index (χ3n) is 7.49. The summed E-state index contributed by atoms with van der Waals surface area (Å²) in [5, 5.41) is 3.79. The van der Waals surface area contributed by atoms with Gasteiger partial charge in [-0.25, -0.2) is 14.3 Å². The minimum Gasteiger partial charge on any atom is -0.324 e. The van der Waals surface area contributed by atoms with Crippen molar-refractivity contribution < 1.29 is 4.79 Å². The molecule has 0 unspecified atom stereocenters. The van der Waals surface area contributed by atoms with Gasteiger partial charge in [-0.15, -0.1) is 0 Å². The number of nitrogens with one attached hydrogen (secondary N) is 1. The Bertz CT molecular complexity index is 1490. The fourth-order valence-corrected chi connectivity index (χ4v) is 5.54. The molecule has 2 aliphatic rings. The van der Waals surface area contributed by atoms with Gasteiger partial charge < -0.3 is 15.1 Å². The Balaban J connectivity index is 1.60. The molecule has 200 valence electrons. The topological polar surface area (TPSA) is 88.3 Å². The van der Waals surface area contributed by atoms with Crippen LogP contribution in [-0.2, 0) is 16.8 Å². The summed E-state index contributed by atoms with van der Waals surface area (Å²) in [7, 11) is 2.18. The van der Waals surface area contributed by atoms with E-state index in [1.807, 2.05) is 46.8 Å². The van der Waals surface area contributed by atoms with E-state index in [0.29, 0.717) is 28.1 Å². The molecule has 1 spiro atoms. The number of fused-ring (bicyclic) bond motifs is 3. The van der Waals surface area contributed by atoms with Crippen LogP contribution in [0.3, 0.4) is 0 Å². The number of amides is 1. The van der Waals surface area contributed by atoms with E-state index in [-0.39, 0.29) is 17.6 Å². The second-order valence-electron chi connectivity index (χ2n) is 11.1. The molecular weight excluding hydrogens is 478 g/mol. The van der Waals surface area contributed by atoms with Gasteiger partial charge in [-0.3, -0.25) is 9.59 Å². The van der Waals surface area contributed by atoms with Crippen LogP contribution in [0.4, 0.5) is 11.6 Å². The van der Waals surface area contributed by atoms with E-state index in [0.717, 1.165) is 25.2 Å². The Morgan fingerprint density at radius 2 is 1.97 bits per heavy atom. The van der Waals surface area contributed by atoms with E-state index in [4.69, 9.17) is 4.98 Å². The number of likely N-dealkylation sites (N-methyl/N-ethyl adjacent to an activating group) is 1. The van der Waals surface area contributed by atoms with Crippen molar-refractivity contribution in [2.24, 2.45) is 0 Å². The number of carbonyl (C=O) groups is 1. The van der Waals surface area contributed by atoms with Crippen LogP contribution in [-0.4, -0.2) is 55.2 Å². The van der Waals surface area contributed by atoms with Gasteiger partial charge in [-0.1, -0.05) is 12.1 Å². The van der Waals surface area contributed by atoms with Crippen molar-refractivity contribution in [3.05, 3.63) is 64.2 Å². The number of allylic oxidation sites excluding steroid dienone is 3. The molecule has 1 amide bonds. The van der Waals surface area contributed by atoms with Crippen molar-refractivity contribution in [3.63, 3.8) is 0 Å². The van der Waals surface area contributed by atoms with Crippen molar-refractivity contribution in [1.29, 1.82) is 0 Å². The molecule has 1 aliphatic heterocycles. The molecular formula is C29H37N7O2. The van der Waals surface area contributed by atoms with E-state index in [2.05, 4.69) is 40.4 Å². The fraction of sp³-hybridized carbons (Fsp3) is 0.448. The molecule has 5 rings (SSSR count). The summed E-state index contributed by atoms with van der Waals surface area (Å²) in [6.45, 7) is 11.7. The Kier molecular flexibility index (Phi) is 6.73. The molecule has 0 bridgehead atoms. The number of rotatable bonds is 8. The van der Waals surface area contributed by atoms with E-state index in [9.17, 15) is 9.59 Å². The maximum Gasteiger partial charge on any atom is 0.278 e. The second-order valence-corrected chi connectivity index (χ2v) is 11.1. The molecule has 1 N–H and O–H groups in total. The van der Waals surface area contributed by atoms with Gasteiger partial charge >= 0.3 is 0 Å². The molecule has 0 atom stereocenters. The predicted octanol–water partition coefficient (Wildman–Crippen LogP) is 4.64. The lowest BCUT2D eigenvalue weighted by atomic mass is 9.87. The van der Waals surface area contributed by atoms with Crippen molar-refractivity contribution in [1.82, 2.24) is 29.1 Å². The van der Waals surface area contributed by atoms with Gasteiger partial charge in [0.2, 0.25) is 12.4 Å². The Morgan fingerprint density at radius 1 is 1.21 bits per heavy atom. The maximum absolute atomic E-state index is 13.4. The minimum absolute atomic E-state index is 0.0431. The highest BCUT2D eigenvalue weighted by atomic mass is 16.1. The normalized spacial score (nSPS) is 17.1. The quantitative estimate of drug-likeness (QED) is 0.348. The van der Waals surface area contributed by atoms with Crippen molar-refractivity contribution >= 4 is 34.8 Å². The van der Waals surface area contributed by atoms with Gasteiger partial charge in [-0.05, 0) is 83.8 Å². The summed E-state index contributed by atoms with van der Waals surface area (Å²) in [6, 6.07) is 6.35. The Hall–Kier alpha value is -3.72. The summed E-state index contributed by atoms with van der Waals surface area (Å²) in [6.07, 6.45) is 10.4. The first kappa shape index (κ1) is 25.9. The van der Waals surface area contributed by atoms with Gasteiger partial charge in [0.05, 0.1) is 5.70 Å². The Morgan fingerprint density at radius 3 is 2.61 bits per heavy atom. The van der Waals surface area contributed by atoms with Crippen LogP contribution >= 0.6 is 0 Å². The molecule has 38 heavy (non-hydrogen) atoms. The highest BCUT2D eigenvalue weighted by Gasteiger charge is 2.48. The smallest absolute Gasteiger partial charge is 0.278 e. The summed E-state index contributed by atoms with van der Waals surface area (Å²) in [5.74, 6) is 0.410. The molecule has 1 aliphatic carbocycles. The molecule has 3 aromatic rings. The van der Waals surface area contributed by atoms with Crippen LogP contribution in [0.5, 0.6) is 0 Å². The van der Waals surface area contributed by atoms with Crippen LogP contribution in [0.2, 0.25) is 0 Å². The van der Waals surface area contributed by atoms with Gasteiger partial charge in [0, 0.05) is 48.7 Å². The Labute approximate surface area is 223 Å². The maximum atomic E-state index is 13.4. The molecule has 9 heteroatoms. The fourth-order valence-electron chi connectivity index (χ4n) is 5.54. The van der Waals surface area contributed by atoms with Gasteiger partial charge in [0.15, 0.2) is 5.65 Å². The molecule has 1 fully saturated rings.